The zero-order chi connectivity index (χ0) is 11.3. The van der Waals surface area contributed by atoms with Crippen LogP contribution in [-0.4, -0.2) is 35.5 Å². The maximum absolute atomic E-state index is 11.5. The third kappa shape index (κ3) is 6.05. The smallest absolute Gasteiger partial charge is 0.234 e. The van der Waals surface area contributed by atoms with Crippen molar-refractivity contribution in [1.29, 1.82) is 0 Å². The van der Waals surface area contributed by atoms with Gasteiger partial charge in [-0.1, -0.05) is 0 Å². The van der Waals surface area contributed by atoms with Crippen LogP contribution in [0.1, 0.15) is 33.6 Å². The van der Waals surface area contributed by atoms with E-state index in [-0.39, 0.29) is 11.4 Å². The van der Waals surface area contributed by atoms with E-state index < -0.39 is 0 Å². The van der Waals surface area contributed by atoms with E-state index in [1.54, 1.807) is 0 Å². The molecule has 1 aliphatic heterocycles. The average Bonchev–Trinajstić information content (AvgIpc) is 2.14. The van der Waals surface area contributed by atoms with E-state index in [0.29, 0.717) is 12.6 Å². The van der Waals surface area contributed by atoms with Gasteiger partial charge in [0.05, 0.1) is 6.54 Å². The first-order valence-electron chi connectivity index (χ1n) is 5.59. The van der Waals surface area contributed by atoms with E-state index in [1.807, 2.05) is 32.5 Å². The molecule has 1 saturated heterocycles. The quantitative estimate of drug-likeness (QED) is 0.770. The molecule has 1 amide bonds. The molecule has 0 saturated carbocycles. The number of hydrogen-bond acceptors (Lipinski definition) is 3. The molecule has 1 heterocycles. The molecule has 3 nitrogen and oxygen atoms in total. The molecule has 1 rings (SSSR count). The molecule has 0 aromatic carbocycles. The molecule has 15 heavy (non-hydrogen) atoms. The fourth-order valence-electron chi connectivity index (χ4n) is 1.60. The molecule has 1 fully saturated rings. The van der Waals surface area contributed by atoms with Gasteiger partial charge in [-0.15, -0.1) is 0 Å². The van der Waals surface area contributed by atoms with Crippen LogP contribution in [0.15, 0.2) is 0 Å². The minimum atomic E-state index is -0.125. The first-order chi connectivity index (χ1) is 6.97. The van der Waals surface area contributed by atoms with Crippen LogP contribution >= 0.6 is 11.8 Å². The predicted molar refractivity (Wildman–Crippen MR) is 66.2 cm³/mol. The number of carbonyl (C=O) groups excluding carboxylic acids is 1. The van der Waals surface area contributed by atoms with Crippen molar-refractivity contribution in [1.82, 2.24) is 10.6 Å². The Morgan fingerprint density at radius 3 is 2.73 bits per heavy atom. The highest BCUT2D eigenvalue weighted by atomic mass is 32.2. The number of amides is 1. The molecule has 0 radical (unpaired) electrons. The largest absolute Gasteiger partial charge is 0.350 e. The van der Waals surface area contributed by atoms with Gasteiger partial charge in [-0.05, 0) is 39.4 Å². The molecule has 88 valence electrons. The Labute approximate surface area is 96.8 Å². The van der Waals surface area contributed by atoms with Crippen LogP contribution in [0, 0.1) is 0 Å². The van der Waals surface area contributed by atoms with Crippen molar-refractivity contribution in [3.05, 3.63) is 0 Å². The summed E-state index contributed by atoms with van der Waals surface area (Å²) in [6.07, 6.45) is 2.47. The summed E-state index contributed by atoms with van der Waals surface area (Å²) in [6, 6.07) is 0.523. The first kappa shape index (κ1) is 12.8. The van der Waals surface area contributed by atoms with E-state index in [1.165, 1.54) is 18.6 Å². The van der Waals surface area contributed by atoms with Crippen LogP contribution in [0.5, 0.6) is 0 Å². The molecule has 0 aromatic rings. The summed E-state index contributed by atoms with van der Waals surface area (Å²) in [6.45, 7) is 6.45. The van der Waals surface area contributed by atoms with E-state index in [4.69, 9.17) is 0 Å². The van der Waals surface area contributed by atoms with Crippen LogP contribution in [0.3, 0.4) is 0 Å². The van der Waals surface area contributed by atoms with Gasteiger partial charge in [0.25, 0.3) is 0 Å². The number of thioether (sulfide) groups is 1. The lowest BCUT2D eigenvalue weighted by atomic mass is 10.1. The summed E-state index contributed by atoms with van der Waals surface area (Å²) < 4.78 is 0. The molecule has 0 bridgehead atoms. The van der Waals surface area contributed by atoms with Crippen molar-refractivity contribution < 1.29 is 4.79 Å². The Balaban J connectivity index is 2.15. The monoisotopic (exact) mass is 230 g/mol. The van der Waals surface area contributed by atoms with Gasteiger partial charge < -0.3 is 10.6 Å². The van der Waals surface area contributed by atoms with Gasteiger partial charge in [0, 0.05) is 17.3 Å². The Morgan fingerprint density at radius 2 is 2.20 bits per heavy atom. The standard InChI is InChI=1S/C11H22N2OS/c1-11(2,3)13-10(14)7-12-9-5-4-6-15-8-9/h9,12H,4-8H2,1-3H3,(H,13,14). The Hall–Kier alpha value is -0.220. The zero-order valence-corrected chi connectivity index (χ0v) is 10.7. The third-order valence-corrected chi connectivity index (χ3v) is 3.44. The van der Waals surface area contributed by atoms with E-state index in [0.717, 1.165) is 5.75 Å². The van der Waals surface area contributed by atoms with Crippen LogP contribution in [0.25, 0.3) is 0 Å². The second kappa shape index (κ2) is 5.75. The Morgan fingerprint density at radius 1 is 1.47 bits per heavy atom. The number of rotatable bonds is 3. The van der Waals surface area contributed by atoms with Gasteiger partial charge in [-0.25, -0.2) is 0 Å². The lowest BCUT2D eigenvalue weighted by Gasteiger charge is -2.24. The van der Waals surface area contributed by atoms with Gasteiger partial charge >= 0.3 is 0 Å². The molecule has 0 aliphatic carbocycles. The number of hydrogen-bond donors (Lipinski definition) is 2. The number of nitrogens with one attached hydrogen (secondary N) is 2. The summed E-state index contributed by atoms with van der Waals surface area (Å²) in [5, 5.41) is 6.26. The van der Waals surface area contributed by atoms with Crippen molar-refractivity contribution in [2.75, 3.05) is 18.1 Å². The van der Waals surface area contributed by atoms with Gasteiger partial charge in [0.1, 0.15) is 0 Å². The second-order valence-corrected chi connectivity index (χ2v) is 6.24. The Bertz CT molecular complexity index is 207. The molecular weight excluding hydrogens is 208 g/mol. The van der Waals surface area contributed by atoms with Crippen molar-refractivity contribution >= 4 is 17.7 Å². The third-order valence-electron chi connectivity index (χ3n) is 2.23. The summed E-state index contributed by atoms with van der Waals surface area (Å²) in [7, 11) is 0. The van der Waals surface area contributed by atoms with Crippen molar-refractivity contribution in [2.24, 2.45) is 0 Å². The summed E-state index contributed by atoms with van der Waals surface area (Å²) >= 11 is 1.97. The normalized spacial score (nSPS) is 22.5. The van der Waals surface area contributed by atoms with Crippen molar-refractivity contribution in [3.8, 4) is 0 Å². The highest BCUT2D eigenvalue weighted by Crippen LogP contribution is 2.16. The van der Waals surface area contributed by atoms with Gasteiger partial charge in [0.2, 0.25) is 5.91 Å². The SMILES string of the molecule is CC(C)(C)NC(=O)CNC1CCCSC1. The van der Waals surface area contributed by atoms with Gasteiger partial charge in [0.15, 0.2) is 0 Å². The maximum atomic E-state index is 11.5. The van der Waals surface area contributed by atoms with Crippen molar-refractivity contribution in [3.63, 3.8) is 0 Å². The average molecular weight is 230 g/mol. The molecule has 2 N–H and O–H groups in total. The molecule has 1 aliphatic rings. The summed E-state index contributed by atoms with van der Waals surface area (Å²) in [4.78, 5) is 11.5. The molecule has 1 unspecified atom stereocenters. The predicted octanol–water partition coefficient (Wildman–Crippen LogP) is 1.39. The lowest BCUT2D eigenvalue weighted by Crippen LogP contribution is -2.47. The van der Waals surface area contributed by atoms with Gasteiger partial charge in [-0.3, -0.25) is 4.79 Å². The van der Waals surface area contributed by atoms with E-state index >= 15 is 0 Å². The van der Waals surface area contributed by atoms with Gasteiger partial charge in [-0.2, -0.15) is 11.8 Å². The summed E-state index contributed by atoms with van der Waals surface area (Å²) in [5.41, 5.74) is -0.125. The van der Waals surface area contributed by atoms with E-state index in [2.05, 4.69) is 10.6 Å². The topological polar surface area (TPSA) is 41.1 Å². The molecule has 4 heteroatoms. The maximum Gasteiger partial charge on any atom is 0.234 e. The highest BCUT2D eigenvalue weighted by Gasteiger charge is 2.16. The highest BCUT2D eigenvalue weighted by molar-refractivity contribution is 7.99. The lowest BCUT2D eigenvalue weighted by molar-refractivity contribution is -0.121. The van der Waals surface area contributed by atoms with E-state index in [9.17, 15) is 4.79 Å². The molecular formula is C11H22N2OS. The molecule has 0 aromatic heterocycles. The minimum absolute atomic E-state index is 0.0954. The van der Waals surface area contributed by atoms with Crippen LogP contribution in [0.4, 0.5) is 0 Å². The second-order valence-electron chi connectivity index (χ2n) is 5.09. The minimum Gasteiger partial charge on any atom is -0.350 e. The first-order valence-corrected chi connectivity index (χ1v) is 6.75. The van der Waals surface area contributed by atoms with Crippen LogP contribution in [0.2, 0.25) is 0 Å². The fraction of sp³-hybridized carbons (Fsp3) is 0.909. The summed E-state index contributed by atoms with van der Waals surface area (Å²) in [5.74, 6) is 2.51. The Kier molecular flexibility index (Phi) is 4.93. The fourth-order valence-corrected chi connectivity index (χ4v) is 2.71. The van der Waals surface area contributed by atoms with Crippen LogP contribution in [-0.2, 0) is 4.79 Å². The van der Waals surface area contributed by atoms with Crippen molar-refractivity contribution in [2.45, 2.75) is 45.2 Å². The zero-order valence-electron chi connectivity index (χ0n) is 9.93. The molecule has 1 atom stereocenters. The molecule has 0 spiro atoms. The number of carbonyl (C=O) groups is 1. The van der Waals surface area contributed by atoms with Crippen LogP contribution < -0.4 is 10.6 Å².